The number of ether oxygens (including phenoxy) is 1. The smallest absolute Gasteiger partial charge is 0.0619 e. The molecular weight excluding hydrogens is 248 g/mol. The van der Waals surface area contributed by atoms with Crippen LogP contribution in [0.15, 0.2) is 0 Å². The second-order valence-corrected chi connectivity index (χ2v) is 6.83. The highest BCUT2D eigenvalue weighted by Gasteiger charge is 2.32. The van der Waals surface area contributed by atoms with Gasteiger partial charge in [-0.2, -0.15) is 0 Å². The number of hydrogen-bond donors (Lipinski definition) is 1. The fraction of sp³-hybridized carbons (Fsp3) is 1.00. The standard InChI is InChI=1S/C17H34N2O/c1-4-8-18-17-7-6-15(5-2)11-16(17)12-19-9-10-20-13-14(19)3/h14-18H,4-13H2,1-3H3. The van der Waals surface area contributed by atoms with Crippen molar-refractivity contribution in [3.63, 3.8) is 0 Å². The molecule has 0 aromatic heterocycles. The largest absolute Gasteiger partial charge is 0.379 e. The minimum atomic E-state index is 0.595. The first-order valence-electron chi connectivity index (χ1n) is 8.79. The molecule has 0 aromatic rings. The van der Waals surface area contributed by atoms with Crippen molar-refractivity contribution in [3.8, 4) is 0 Å². The van der Waals surface area contributed by atoms with Gasteiger partial charge >= 0.3 is 0 Å². The molecular formula is C17H34N2O. The van der Waals surface area contributed by atoms with Crippen molar-refractivity contribution in [1.29, 1.82) is 0 Å². The topological polar surface area (TPSA) is 24.5 Å². The molecule has 1 heterocycles. The molecule has 2 aliphatic rings. The number of hydrogen-bond acceptors (Lipinski definition) is 3. The van der Waals surface area contributed by atoms with E-state index in [0.29, 0.717) is 6.04 Å². The molecule has 2 fully saturated rings. The molecule has 2 rings (SSSR count). The van der Waals surface area contributed by atoms with Gasteiger partial charge in [-0.15, -0.1) is 0 Å². The Balaban J connectivity index is 1.91. The fourth-order valence-corrected chi connectivity index (χ4v) is 3.87. The average Bonchev–Trinajstić information content (AvgIpc) is 2.48. The highest BCUT2D eigenvalue weighted by Crippen LogP contribution is 2.32. The van der Waals surface area contributed by atoms with Gasteiger partial charge < -0.3 is 10.1 Å². The summed E-state index contributed by atoms with van der Waals surface area (Å²) >= 11 is 0. The third-order valence-corrected chi connectivity index (χ3v) is 5.30. The summed E-state index contributed by atoms with van der Waals surface area (Å²) in [6.45, 7) is 12.3. The molecule has 1 aliphatic carbocycles. The lowest BCUT2D eigenvalue weighted by molar-refractivity contribution is -0.0147. The van der Waals surface area contributed by atoms with Gasteiger partial charge in [0, 0.05) is 25.2 Å². The third kappa shape index (κ3) is 4.44. The first-order chi connectivity index (χ1) is 9.74. The molecule has 0 radical (unpaired) electrons. The molecule has 0 bridgehead atoms. The van der Waals surface area contributed by atoms with E-state index in [4.69, 9.17) is 4.74 Å². The first-order valence-corrected chi connectivity index (χ1v) is 8.79. The van der Waals surface area contributed by atoms with Gasteiger partial charge in [-0.3, -0.25) is 4.90 Å². The van der Waals surface area contributed by atoms with Gasteiger partial charge in [-0.05, 0) is 51.0 Å². The molecule has 1 saturated carbocycles. The molecule has 1 aliphatic heterocycles. The van der Waals surface area contributed by atoms with E-state index in [-0.39, 0.29) is 0 Å². The van der Waals surface area contributed by atoms with Crippen LogP contribution in [0.5, 0.6) is 0 Å². The molecule has 0 aromatic carbocycles. The van der Waals surface area contributed by atoms with Crippen molar-refractivity contribution in [1.82, 2.24) is 10.2 Å². The van der Waals surface area contributed by atoms with Crippen LogP contribution in [-0.4, -0.2) is 49.8 Å². The molecule has 3 nitrogen and oxygen atoms in total. The molecule has 4 unspecified atom stereocenters. The van der Waals surface area contributed by atoms with E-state index >= 15 is 0 Å². The average molecular weight is 282 g/mol. The zero-order valence-corrected chi connectivity index (χ0v) is 13.7. The lowest BCUT2D eigenvalue weighted by atomic mass is 9.76. The highest BCUT2D eigenvalue weighted by molar-refractivity contribution is 4.87. The molecule has 0 amide bonds. The molecule has 20 heavy (non-hydrogen) atoms. The van der Waals surface area contributed by atoms with Gasteiger partial charge in [0.2, 0.25) is 0 Å². The Morgan fingerprint density at radius 2 is 2.10 bits per heavy atom. The highest BCUT2D eigenvalue weighted by atomic mass is 16.5. The van der Waals surface area contributed by atoms with Gasteiger partial charge in [0.05, 0.1) is 13.2 Å². The minimum absolute atomic E-state index is 0.595. The lowest BCUT2D eigenvalue weighted by Crippen LogP contribution is -2.51. The summed E-state index contributed by atoms with van der Waals surface area (Å²) in [5, 5.41) is 3.81. The fourth-order valence-electron chi connectivity index (χ4n) is 3.87. The van der Waals surface area contributed by atoms with Gasteiger partial charge in [0.25, 0.3) is 0 Å². The van der Waals surface area contributed by atoms with E-state index in [9.17, 15) is 0 Å². The molecule has 1 N–H and O–H groups in total. The first kappa shape index (κ1) is 16.3. The third-order valence-electron chi connectivity index (χ3n) is 5.30. The van der Waals surface area contributed by atoms with Crippen molar-refractivity contribution < 1.29 is 4.74 Å². The number of nitrogens with zero attached hydrogens (tertiary/aromatic N) is 1. The van der Waals surface area contributed by atoms with E-state index in [0.717, 1.165) is 37.6 Å². The molecule has 0 spiro atoms. The molecule has 118 valence electrons. The maximum Gasteiger partial charge on any atom is 0.0619 e. The number of rotatable bonds is 6. The summed E-state index contributed by atoms with van der Waals surface area (Å²) in [7, 11) is 0. The number of nitrogens with one attached hydrogen (secondary N) is 1. The van der Waals surface area contributed by atoms with Crippen molar-refractivity contribution in [2.45, 2.75) is 65.0 Å². The summed E-state index contributed by atoms with van der Waals surface area (Å²) in [6.07, 6.45) is 6.82. The van der Waals surface area contributed by atoms with Crippen molar-refractivity contribution in [2.24, 2.45) is 11.8 Å². The van der Waals surface area contributed by atoms with Crippen molar-refractivity contribution in [2.75, 3.05) is 32.8 Å². The van der Waals surface area contributed by atoms with E-state index < -0.39 is 0 Å². The van der Waals surface area contributed by atoms with Crippen LogP contribution in [-0.2, 0) is 4.74 Å². The summed E-state index contributed by atoms with van der Waals surface area (Å²) in [5.74, 6) is 1.79. The SMILES string of the molecule is CCCNC1CCC(CC)CC1CN1CCOCC1C. The maximum absolute atomic E-state index is 5.58. The van der Waals surface area contributed by atoms with Crippen molar-refractivity contribution in [3.05, 3.63) is 0 Å². The van der Waals surface area contributed by atoms with Crippen LogP contribution < -0.4 is 5.32 Å². The maximum atomic E-state index is 5.58. The predicted molar refractivity (Wildman–Crippen MR) is 85.1 cm³/mol. The molecule has 1 saturated heterocycles. The van der Waals surface area contributed by atoms with E-state index in [1.807, 2.05) is 0 Å². The Labute approximate surface area is 125 Å². The normalized spacial score (nSPS) is 36.1. The second kappa shape index (κ2) is 8.35. The zero-order valence-electron chi connectivity index (χ0n) is 13.7. The quantitative estimate of drug-likeness (QED) is 0.811. The Bertz CT molecular complexity index is 272. The number of morpholine rings is 1. The van der Waals surface area contributed by atoms with Gasteiger partial charge in [0.15, 0.2) is 0 Å². The summed E-state index contributed by atoms with van der Waals surface area (Å²) in [4.78, 5) is 2.66. The van der Waals surface area contributed by atoms with Crippen LogP contribution in [0.4, 0.5) is 0 Å². The van der Waals surface area contributed by atoms with Crippen LogP contribution in [0.25, 0.3) is 0 Å². The minimum Gasteiger partial charge on any atom is -0.379 e. The Kier molecular flexibility index (Phi) is 6.79. The Morgan fingerprint density at radius 1 is 1.25 bits per heavy atom. The summed E-state index contributed by atoms with van der Waals surface area (Å²) in [6, 6.07) is 1.34. The Morgan fingerprint density at radius 3 is 2.80 bits per heavy atom. The molecule has 4 atom stereocenters. The van der Waals surface area contributed by atoms with E-state index in [1.54, 1.807) is 0 Å². The Hall–Kier alpha value is -0.120. The molecule has 3 heteroatoms. The monoisotopic (exact) mass is 282 g/mol. The lowest BCUT2D eigenvalue weighted by Gasteiger charge is -2.42. The van der Waals surface area contributed by atoms with E-state index in [2.05, 4.69) is 31.0 Å². The van der Waals surface area contributed by atoms with Crippen LogP contribution >= 0.6 is 0 Å². The summed E-state index contributed by atoms with van der Waals surface area (Å²) in [5.41, 5.74) is 0. The van der Waals surface area contributed by atoms with Crippen LogP contribution in [0.3, 0.4) is 0 Å². The van der Waals surface area contributed by atoms with Crippen LogP contribution in [0.1, 0.15) is 52.9 Å². The van der Waals surface area contributed by atoms with Gasteiger partial charge in [-0.25, -0.2) is 0 Å². The van der Waals surface area contributed by atoms with Crippen LogP contribution in [0, 0.1) is 11.8 Å². The second-order valence-electron chi connectivity index (χ2n) is 6.83. The summed E-state index contributed by atoms with van der Waals surface area (Å²) < 4.78 is 5.58. The van der Waals surface area contributed by atoms with Crippen molar-refractivity contribution >= 4 is 0 Å². The predicted octanol–water partition coefficient (Wildman–Crippen LogP) is 2.90. The van der Waals surface area contributed by atoms with Gasteiger partial charge in [-0.1, -0.05) is 20.3 Å². The zero-order chi connectivity index (χ0) is 14.4. The van der Waals surface area contributed by atoms with E-state index in [1.165, 1.54) is 45.2 Å². The van der Waals surface area contributed by atoms with Gasteiger partial charge in [0.1, 0.15) is 0 Å². The van der Waals surface area contributed by atoms with Crippen LogP contribution in [0.2, 0.25) is 0 Å².